The molecular formula is C5H4Cl6. The minimum Gasteiger partial charge on any atom is -0.121 e. The van der Waals surface area contributed by atoms with E-state index < -0.39 is 0 Å². The van der Waals surface area contributed by atoms with Crippen molar-refractivity contribution in [3.8, 4) is 0 Å². The summed E-state index contributed by atoms with van der Waals surface area (Å²) < 4.78 is 0.0895. The Hall–Kier alpha value is 1.22. The van der Waals surface area contributed by atoms with E-state index in [9.17, 15) is 0 Å². The van der Waals surface area contributed by atoms with Gasteiger partial charge in [0, 0.05) is 16.1 Å². The van der Waals surface area contributed by atoms with Crippen LogP contribution in [0.2, 0.25) is 0 Å². The topological polar surface area (TPSA) is 0 Å². The van der Waals surface area contributed by atoms with Gasteiger partial charge in [-0.15, -0.1) is 11.6 Å². The fourth-order valence-electron chi connectivity index (χ4n) is 0.0292. The summed E-state index contributed by atoms with van der Waals surface area (Å²) >= 11 is 30.3. The Labute approximate surface area is 95.6 Å². The van der Waals surface area contributed by atoms with Crippen molar-refractivity contribution >= 4 is 69.6 Å². The van der Waals surface area contributed by atoms with Crippen molar-refractivity contribution in [2.75, 3.05) is 5.88 Å². The molecule has 0 rings (SSSR count). The van der Waals surface area contributed by atoms with Gasteiger partial charge >= 0.3 is 0 Å². The maximum Gasteiger partial charge on any atom is 0.118 e. The van der Waals surface area contributed by atoms with Gasteiger partial charge in [0.1, 0.15) is 4.49 Å². The fourth-order valence-corrected chi connectivity index (χ4v) is 0.262. The van der Waals surface area contributed by atoms with Gasteiger partial charge in [0.2, 0.25) is 0 Å². The van der Waals surface area contributed by atoms with Gasteiger partial charge in [0.25, 0.3) is 0 Å². The summed E-state index contributed by atoms with van der Waals surface area (Å²) in [4.78, 5) is 0. The van der Waals surface area contributed by atoms with E-state index in [1.54, 1.807) is 0 Å². The first-order chi connectivity index (χ1) is 5.08. The van der Waals surface area contributed by atoms with Crippen molar-refractivity contribution in [2.45, 2.75) is 0 Å². The molecule has 0 fully saturated rings. The quantitative estimate of drug-likeness (QED) is 0.588. The second kappa shape index (κ2) is 11.2. The molecule has 0 amide bonds. The van der Waals surface area contributed by atoms with Crippen LogP contribution in [0.4, 0.5) is 0 Å². The number of hydrogen-bond donors (Lipinski definition) is 0. The molecule has 0 aliphatic carbocycles. The zero-order chi connectivity index (χ0) is 9.28. The largest absolute Gasteiger partial charge is 0.121 e. The van der Waals surface area contributed by atoms with Gasteiger partial charge in [0.15, 0.2) is 0 Å². The molecule has 0 aliphatic rings. The molecule has 0 aromatic carbocycles. The second-order valence-electron chi connectivity index (χ2n) is 1.09. The molecule has 0 aromatic heterocycles. The van der Waals surface area contributed by atoms with E-state index in [2.05, 4.69) is 0 Å². The lowest BCUT2D eigenvalue weighted by Crippen LogP contribution is -1.64. The molecule has 0 saturated heterocycles. The third-order valence-electron chi connectivity index (χ3n) is 0.329. The van der Waals surface area contributed by atoms with Crippen molar-refractivity contribution < 1.29 is 0 Å². The molecule has 0 nitrogen and oxygen atoms in total. The van der Waals surface area contributed by atoms with E-state index in [0.29, 0.717) is 10.9 Å². The van der Waals surface area contributed by atoms with Crippen LogP contribution in [0, 0.1) is 0 Å². The number of allylic oxidation sites excluding steroid dienone is 1. The van der Waals surface area contributed by atoms with E-state index in [0.717, 1.165) is 5.54 Å². The zero-order valence-corrected chi connectivity index (χ0v) is 9.67. The van der Waals surface area contributed by atoms with E-state index in [1.165, 1.54) is 5.54 Å². The molecule has 0 atom stereocenters. The summed E-state index contributed by atoms with van der Waals surface area (Å²) in [6.07, 6.45) is 0. The second-order valence-corrected chi connectivity index (χ2v) is 3.29. The minimum absolute atomic E-state index is 0.0895. The standard InChI is InChI=1S/C3H3Cl3.C2HCl3/c4-1-3(6)2-5;3-1-2(4)5/h1H,2H2;1H. The highest BCUT2D eigenvalue weighted by molar-refractivity contribution is 6.58. The first-order valence-electron chi connectivity index (χ1n) is 2.20. The van der Waals surface area contributed by atoms with Crippen molar-refractivity contribution in [1.29, 1.82) is 0 Å². The molecule has 0 bridgehead atoms. The van der Waals surface area contributed by atoms with Crippen LogP contribution in [0.5, 0.6) is 0 Å². The van der Waals surface area contributed by atoms with Gasteiger partial charge in [-0.2, -0.15) is 0 Å². The summed E-state index contributed by atoms with van der Waals surface area (Å²) in [7, 11) is 0. The summed E-state index contributed by atoms with van der Waals surface area (Å²) in [6.45, 7) is 0. The molecule has 11 heavy (non-hydrogen) atoms. The van der Waals surface area contributed by atoms with Crippen molar-refractivity contribution in [3.63, 3.8) is 0 Å². The molecule has 0 saturated carbocycles. The Morgan fingerprint density at radius 1 is 1.00 bits per heavy atom. The Bertz CT molecular complexity index is 134. The molecule has 0 aliphatic heterocycles. The van der Waals surface area contributed by atoms with Crippen molar-refractivity contribution in [3.05, 3.63) is 20.6 Å². The Kier molecular flexibility index (Phi) is 15.0. The Morgan fingerprint density at radius 2 is 1.36 bits per heavy atom. The monoisotopic (exact) mass is 274 g/mol. The van der Waals surface area contributed by atoms with E-state index >= 15 is 0 Å². The smallest absolute Gasteiger partial charge is 0.118 e. The predicted octanol–water partition coefficient (Wildman–Crippen LogP) is 5.05. The number of rotatable bonds is 1. The lowest BCUT2D eigenvalue weighted by molar-refractivity contribution is 1.71. The molecule has 0 heterocycles. The van der Waals surface area contributed by atoms with Crippen molar-refractivity contribution in [1.82, 2.24) is 0 Å². The highest BCUT2D eigenvalue weighted by Crippen LogP contribution is 2.06. The molecular weight excluding hydrogens is 273 g/mol. The van der Waals surface area contributed by atoms with E-state index in [4.69, 9.17) is 69.6 Å². The van der Waals surface area contributed by atoms with Gasteiger partial charge < -0.3 is 0 Å². The highest BCUT2D eigenvalue weighted by Gasteiger charge is 1.80. The third-order valence-corrected chi connectivity index (χ3v) is 2.03. The molecule has 0 spiro atoms. The molecule has 0 radical (unpaired) electrons. The molecule has 0 unspecified atom stereocenters. The number of halogens is 6. The first-order valence-corrected chi connectivity index (χ1v) is 4.74. The maximum absolute atomic E-state index is 5.25. The van der Waals surface area contributed by atoms with Crippen LogP contribution >= 0.6 is 69.6 Å². The first kappa shape index (κ1) is 14.7. The lowest BCUT2D eigenvalue weighted by atomic mass is 10.7. The predicted molar refractivity (Wildman–Crippen MR) is 56.2 cm³/mol. The lowest BCUT2D eigenvalue weighted by Gasteiger charge is -1.78. The molecule has 66 valence electrons. The average Bonchev–Trinajstić information content (AvgIpc) is 2.04. The van der Waals surface area contributed by atoms with Crippen LogP contribution in [0.1, 0.15) is 0 Å². The fraction of sp³-hybridized carbons (Fsp3) is 0.200. The number of hydrogen-bond acceptors (Lipinski definition) is 0. The third kappa shape index (κ3) is 18.3. The maximum atomic E-state index is 5.25. The Morgan fingerprint density at radius 3 is 1.36 bits per heavy atom. The van der Waals surface area contributed by atoms with Gasteiger partial charge in [-0.05, 0) is 0 Å². The summed E-state index contributed by atoms with van der Waals surface area (Å²) in [5, 5.41) is 0.471. The molecule has 0 aromatic rings. The number of alkyl halides is 1. The van der Waals surface area contributed by atoms with Crippen molar-refractivity contribution in [2.24, 2.45) is 0 Å². The van der Waals surface area contributed by atoms with Crippen LogP contribution < -0.4 is 0 Å². The van der Waals surface area contributed by atoms with Crippen LogP contribution in [0.15, 0.2) is 20.6 Å². The zero-order valence-electron chi connectivity index (χ0n) is 5.13. The average molecular weight is 277 g/mol. The van der Waals surface area contributed by atoms with Gasteiger partial charge in [-0.25, -0.2) is 0 Å². The van der Waals surface area contributed by atoms with Crippen LogP contribution in [0.25, 0.3) is 0 Å². The van der Waals surface area contributed by atoms with Gasteiger partial charge in [-0.1, -0.05) is 58.0 Å². The van der Waals surface area contributed by atoms with Crippen LogP contribution in [0.3, 0.4) is 0 Å². The summed E-state index contributed by atoms with van der Waals surface area (Å²) in [5.41, 5.74) is 2.33. The highest BCUT2D eigenvalue weighted by atomic mass is 35.5. The van der Waals surface area contributed by atoms with Crippen LogP contribution in [-0.4, -0.2) is 5.88 Å². The van der Waals surface area contributed by atoms with Crippen LogP contribution in [-0.2, 0) is 0 Å². The van der Waals surface area contributed by atoms with Gasteiger partial charge in [-0.3, -0.25) is 0 Å². The Balaban J connectivity index is 0. The molecule has 6 heteroatoms. The summed E-state index contributed by atoms with van der Waals surface area (Å²) in [6, 6.07) is 0. The van der Waals surface area contributed by atoms with E-state index in [-0.39, 0.29) is 4.49 Å². The van der Waals surface area contributed by atoms with Gasteiger partial charge in [0.05, 0.1) is 5.88 Å². The normalized spacial score (nSPS) is 9.82. The minimum atomic E-state index is 0.0895. The van der Waals surface area contributed by atoms with E-state index in [1.807, 2.05) is 0 Å². The summed E-state index contributed by atoms with van der Waals surface area (Å²) in [5.74, 6) is 0.297. The molecule has 0 N–H and O–H groups in total. The SMILES string of the molecule is ClC=C(Cl)CCl.ClC=C(Cl)Cl.